The van der Waals surface area contributed by atoms with E-state index in [0.29, 0.717) is 0 Å². The van der Waals surface area contributed by atoms with Crippen LogP contribution in [0.15, 0.2) is 0 Å². The van der Waals surface area contributed by atoms with Gasteiger partial charge in [-0.2, -0.15) is 0 Å². The monoisotopic (exact) mass is 273 g/mol. The molecule has 2 atom stereocenters. The van der Waals surface area contributed by atoms with Crippen molar-refractivity contribution in [3.8, 4) is 0 Å². The molecular weight excluding hydrogens is 250 g/mol. The largest absolute Gasteiger partial charge is 0.467 e. The highest BCUT2D eigenvalue weighted by Crippen LogP contribution is 1.91. The zero-order chi connectivity index (χ0) is 15.0. The Labute approximate surface area is 113 Å². The Morgan fingerprint density at radius 3 is 2.11 bits per heavy atom. The maximum absolute atomic E-state index is 11.7. The molecule has 2 amide bonds. The average molecular weight is 273 g/mol. The van der Waals surface area contributed by atoms with E-state index < -0.39 is 18.1 Å². The number of esters is 1. The molecule has 7 heteroatoms. The Bertz CT molecular complexity index is 331. The summed E-state index contributed by atoms with van der Waals surface area (Å²) in [6, 6.07) is -1.23. The molecule has 0 rings (SSSR count). The number of ether oxygens (including phenoxy) is 1. The van der Waals surface area contributed by atoms with Crippen LogP contribution in [0.3, 0.4) is 0 Å². The molecule has 0 heterocycles. The molecule has 0 aliphatic carbocycles. The maximum Gasteiger partial charge on any atom is 0.329 e. The molecule has 0 aliphatic heterocycles. The summed E-state index contributed by atoms with van der Waals surface area (Å²) in [7, 11) is 1.24. The molecule has 0 bridgehead atoms. The second-order valence-electron chi connectivity index (χ2n) is 4.57. The third kappa shape index (κ3) is 7.40. The van der Waals surface area contributed by atoms with Crippen LogP contribution in [0.2, 0.25) is 0 Å². The third-order valence-electron chi connectivity index (χ3n) is 2.32. The smallest absolute Gasteiger partial charge is 0.329 e. The molecular formula is C12H23N3O4. The van der Waals surface area contributed by atoms with Crippen molar-refractivity contribution < 1.29 is 19.1 Å². The van der Waals surface area contributed by atoms with Gasteiger partial charge in [0.1, 0.15) is 6.04 Å². The Morgan fingerprint density at radius 1 is 1.11 bits per heavy atom. The van der Waals surface area contributed by atoms with Crippen LogP contribution in [0, 0.1) is 0 Å². The van der Waals surface area contributed by atoms with Gasteiger partial charge in [0.2, 0.25) is 11.8 Å². The number of hydrogen-bond donors (Lipinski definition) is 3. The van der Waals surface area contributed by atoms with Crippen molar-refractivity contribution >= 4 is 17.8 Å². The lowest BCUT2D eigenvalue weighted by Gasteiger charge is -2.20. The Kier molecular flexibility index (Phi) is 7.74. The summed E-state index contributed by atoms with van der Waals surface area (Å²) in [4.78, 5) is 34.1. The number of carbonyl (C=O) groups is 3. The van der Waals surface area contributed by atoms with Gasteiger partial charge in [0, 0.05) is 19.5 Å². The minimum absolute atomic E-state index is 0.0449. The van der Waals surface area contributed by atoms with E-state index in [9.17, 15) is 14.4 Å². The van der Waals surface area contributed by atoms with E-state index in [1.54, 1.807) is 6.92 Å². The van der Waals surface area contributed by atoms with Crippen molar-refractivity contribution in [3.63, 3.8) is 0 Å². The predicted molar refractivity (Wildman–Crippen MR) is 70.4 cm³/mol. The molecule has 19 heavy (non-hydrogen) atoms. The first-order chi connectivity index (χ1) is 8.77. The molecule has 0 aliphatic rings. The summed E-state index contributed by atoms with van der Waals surface area (Å²) in [5.74, 6) is -1.06. The first kappa shape index (κ1) is 17.4. The summed E-state index contributed by atoms with van der Waals surface area (Å²) < 4.78 is 4.58. The highest BCUT2D eigenvalue weighted by atomic mass is 16.5. The summed E-state index contributed by atoms with van der Waals surface area (Å²) in [6.07, 6.45) is 0. The highest BCUT2D eigenvalue weighted by Gasteiger charge is 2.22. The number of hydrogen-bond acceptors (Lipinski definition) is 5. The van der Waals surface area contributed by atoms with E-state index in [0.717, 1.165) is 0 Å². The lowest BCUT2D eigenvalue weighted by Crippen LogP contribution is -2.52. The summed E-state index contributed by atoms with van der Waals surface area (Å²) in [5.41, 5.74) is 0. The van der Waals surface area contributed by atoms with Gasteiger partial charge in [-0.1, -0.05) is 0 Å². The van der Waals surface area contributed by atoms with E-state index in [2.05, 4.69) is 20.7 Å². The number of methoxy groups -OCH3 is 1. The first-order valence-corrected chi connectivity index (χ1v) is 6.16. The van der Waals surface area contributed by atoms with Gasteiger partial charge >= 0.3 is 5.97 Å². The van der Waals surface area contributed by atoms with Gasteiger partial charge in [0.15, 0.2) is 0 Å². The fourth-order valence-electron chi connectivity index (χ4n) is 1.38. The van der Waals surface area contributed by atoms with Crippen LogP contribution in [0.25, 0.3) is 0 Å². The molecule has 0 spiro atoms. The summed E-state index contributed by atoms with van der Waals surface area (Å²) in [6.45, 7) is 6.84. The van der Waals surface area contributed by atoms with E-state index in [-0.39, 0.29) is 24.4 Å². The summed E-state index contributed by atoms with van der Waals surface area (Å²) in [5, 5.41) is 8.08. The van der Waals surface area contributed by atoms with Gasteiger partial charge in [-0.25, -0.2) is 4.79 Å². The normalized spacial score (nSPS) is 13.6. The van der Waals surface area contributed by atoms with Crippen LogP contribution in [0.5, 0.6) is 0 Å². The molecule has 110 valence electrons. The molecule has 0 fully saturated rings. The first-order valence-electron chi connectivity index (χ1n) is 6.16. The second kappa shape index (κ2) is 8.47. The minimum Gasteiger partial charge on any atom is -0.467 e. The van der Waals surface area contributed by atoms with E-state index in [1.165, 1.54) is 14.0 Å². The zero-order valence-electron chi connectivity index (χ0n) is 12.1. The SMILES string of the molecule is COC(=O)C(CNC(C)C(=O)NC(C)C)NC(C)=O. The molecule has 0 aromatic heterocycles. The number of carbonyl (C=O) groups excluding carboxylic acids is 3. The van der Waals surface area contributed by atoms with Crippen LogP contribution in [0.1, 0.15) is 27.7 Å². The van der Waals surface area contributed by atoms with Crippen molar-refractivity contribution in [3.05, 3.63) is 0 Å². The predicted octanol–water partition coefficient (Wildman–Crippen LogP) is -0.833. The maximum atomic E-state index is 11.7. The van der Waals surface area contributed by atoms with E-state index >= 15 is 0 Å². The van der Waals surface area contributed by atoms with Crippen LogP contribution in [-0.2, 0) is 19.1 Å². The van der Waals surface area contributed by atoms with E-state index in [4.69, 9.17) is 0 Å². The molecule has 3 N–H and O–H groups in total. The minimum atomic E-state index is -0.809. The number of rotatable bonds is 7. The van der Waals surface area contributed by atoms with Crippen molar-refractivity contribution in [2.75, 3.05) is 13.7 Å². The topological polar surface area (TPSA) is 96.5 Å². The van der Waals surface area contributed by atoms with Gasteiger partial charge in [-0.3, -0.25) is 9.59 Å². The number of amides is 2. The third-order valence-corrected chi connectivity index (χ3v) is 2.32. The lowest BCUT2D eigenvalue weighted by molar-refractivity contribution is -0.144. The van der Waals surface area contributed by atoms with Crippen LogP contribution in [-0.4, -0.2) is 49.6 Å². The molecule has 0 aromatic rings. The fourth-order valence-corrected chi connectivity index (χ4v) is 1.38. The van der Waals surface area contributed by atoms with E-state index in [1.807, 2.05) is 13.8 Å². The Balaban J connectivity index is 4.34. The van der Waals surface area contributed by atoms with Crippen molar-refractivity contribution in [1.82, 2.24) is 16.0 Å². The molecule has 2 unspecified atom stereocenters. The van der Waals surface area contributed by atoms with Gasteiger partial charge in [0.25, 0.3) is 0 Å². The van der Waals surface area contributed by atoms with Crippen molar-refractivity contribution in [2.24, 2.45) is 0 Å². The van der Waals surface area contributed by atoms with Crippen LogP contribution in [0.4, 0.5) is 0 Å². The molecule has 0 saturated heterocycles. The standard InChI is InChI=1S/C12H23N3O4/c1-7(2)14-11(17)8(3)13-6-10(12(18)19-5)15-9(4)16/h7-8,10,13H,6H2,1-5H3,(H,14,17)(H,15,16). The quantitative estimate of drug-likeness (QED) is 0.526. The van der Waals surface area contributed by atoms with Crippen molar-refractivity contribution in [1.29, 1.82) is 0 Å². The molecule has 7 nitrogen and oxygen atoms in total. The molecule has 0 radical (unpaired) electrons. The fraction of sp³-hybridized carbons (Fsp3) is 0.750. The molecule has 0 aromatic carbocycles. The van der Waals surface area contributed by atoms with Gasteiger partial charge in [-0.05, 0) is 20.8 Å². The van der Waals surface area contributed by atoms with Gasteiger partial charge < -0.3 is 20.7 Å². The zero-order valence-corrected chi connectivity index (χ0v) is 12.1. The summed E-state index contributed by atoms with van der Waals surface area (Å²) >= 11 is 0. The van der Waals surface area contributed by atoms with Crippen LogP contribution < -0.4 is 16.0 Å². The highest BCUT2D eigenvalue weighted by molar-refractivity contribution is 5.84. The molecule has 0 saturated carbocycles. The number of nitrogens with one attached hydrogen (secondary N) is 3. The van der Waals surface area contributed by atoms with Gasteiger partial charge in [-0.15, -0.1) is 0 Å². The van der Waals surface area contributed by atoms with Crippen LogP contribution >= 0.6 is 0 Å². The van der Waals surface area contributed by atoms with Crippen molar-refractivity contribution in [2.45, 2.75) is 45.8 Å². The Morgan fingerprint density at radius 2 is 1.68 bits per heavy atom. The lowest BCUT2D eigenvalue weighted by atomic mass is 10.2. The Hall–Kier alpha value is -1.63. The second-order valence-corrected chi connectivity index (χ2v) is 4.57. The van der Waals surface area contributed by atoms with Gasteiger partial charge in [0.05, 0.1) is 13.2 Å². The average Bonchev–Trinajstić information content (AvgIpc) is 2.31.